The highest BCUT2D eigenvalue weighted by molar-refractivity contribution is 5.88. The van der Waals surface area contributed by atoms with Gasteiger partial charge in [-0.05, 0) is 68.0 Å². The maximum atomic E-state index is 13.4. The average molecular weight is 455 g/mol. The van der Waals surface area contributed by atoms with Crippen molar-refractivity contribution in [3.05, 3.63) is 65.0 Å². The molecular formula is C27H35FN2O3. The van der Waals surface area contributed by atoms with Crippen LogP contribution in [0.25, 0.3) is 0 Å². The number of hydrogen-bond acceptors (Lipinski definition) is 3. The third-order valence-electron chi connectivity index (χ3n) is 6.30. The number of nitrogens with zero attached hydrogens (tertiary/aromatic N) is 1. The second kappa shape index (κ2) is 11.8. The number of aryl methyl sites for hydroxylation is 2. The molecule has 3 rings (SSSR count). The second-order valence-electron chi connectivity index (χ2n) is 8.97. The number of ether oxygens (including phenoxy) is 1. The second-order valence-corrected chi connectivity index (χ2v) is 8.97. The zero-order chi connectivity index (χ0) is 23.8. The number of halogens is 1. The molecule has 0 radical (unpaired) electrons. The quantitative estimate of drug-likeness (QED) is 0.575. The van der Waals surface area contributed by atoms with Crippen molar-refractivity contribution in [3.8, 4) is 5.75 Å². The van der Waals surface area contributed by atoms with Crippen molar-refractivity contribution in [2.75, 3.05) is 6.61 Å². The van der Waals surface area contributed by atoms with E-state index < -0.39 is 6.04 Å². The van der Waals surface area contributed by atoms with E-state index in [0.29, 0.717) is 12.2 Å². The molecule has 5 nitrogen and oxygen atoms in total. The van der Waals surface area contributed by atoms with Crippen LogP contribution in [0.15, 0.2) is 42.5 Å². The number of nitrogens with one attached hydrogen (secondary N) is 1. The molecule has 1 N–H and O–H groups in total. The van der Waals surface area contributed by atoms with Gasteiger partial charge in [-0.15, -0.1) is 0 Å². The van der Waals surface area contributed by atoms with E-state index in [1.165, 1.54) is 18.6 Å². The Kier molecular flexibility index (Phi) is 8.87. The fourth-order valence-corrected chi connectivity index (χ4v) is 4.34. The van der Waals surface area contributed by atoms with Crippen LogP contribution in [-0.2, 0) is 16.1 Å². The van der Waals surface area contributed by atoms with E-state index in [1.807, 2.05) is 39.0 Å². The minimum absolute atomic E-state index is 0.133. The molecule has 0 saturated heterocycles. The number of carbonyl (C=O) groups excluding carboxylic acids is 2. The van der Waals surface area contributed by atoms with Crippen LogP contribution < -0.4 is 10.1 Å². The lowest BCUT2D eigenvalue weighted by molar-refractivity contribution is -0.143. The van der Waals surface area contributed by atoms with Crippen LogP contribution in [0, 0.1) is 19.7 Å². The van der Waals surface area contributed by atoms with Crippen LogP contribution in [-0.4, -0.2) is 35.4 Å². The molecule has 178 valence electrons. The molecule has 1 atom stereocenters. The summed E-state index contributed by atoms with van der Waals surface area (Å²) in [7, 11) is 0. The molecule has 2 amide bonds. The van der Waals surface area contributed by atoms with Crippen molar-refractivity contribution in [1.82, 2.24) is 10.2 Å². The zero-order valence-corrected chi connectivity index (χ0v) is 19.9. The lowest BCUT2D eigenvalue weighted by Gasteiger charge is -2.32. The highest BCUT2D eigenvalue weighted by Crippen LogP contribution is 2.21. The highest BCUT2D eigenvalue weighted by atomic mass is 19.1. The first-order chi connectivity index (χ1) is 15.9. The SMILES string of the molecule is CCC(C(=O)NC1CCCCC1)N(Cc1ccc(F)cc1)C(=O)COc1cc(C)ccc1C. The Morgan fingerprint density at radius 3 is 2.45 bits per heavy atom. The summed E-state index contributed by atoms with van der Waals surface area (Å²) in [5, 5.41) is 3.16. The summed E-state index contributed by atoms with van der Waals surface area (Å²) in [6, 6.07) is 11.4. The Hall–Kier alpha value is -2.89. The van der Waals surface area contributed by atoms with E-state index in [0.717, 1.165) is 42.4 Å². The molecule has 1 saturated carbocycles. The van der Waals surface area contributed by atoms with Crippen LogP contribution >= 0.6 is 0 Å². The molecule has 0 heterocycles. The van der Waals surface area contributed by atoms with Gasteiger partial charge in [-0.25, -0.2) is 4.39 Å². The van der Waals surface area contributed by atoms with Crippen molar-refractivity contribution in [2.24, 2.45) is 0 Å². The van der Waals surface area contributed by atoms with Crippen molar-refractivity contribution in [2.45, 2.75) is 77.9 Å². The van der Waals surface area contributed by atoms with Gasteiger partial charge in [0, 0.05) is 12.6 Å². The van der Waals surface area contributed by atoms with Gasteiger partial charge in [0.25, 0.3) is 5.91 Å². The summed E-state index contributed by atoms with van der Waals surface area (Å²) in [5.74, 6) is -0.0840. The summed E-state index contributed by atoms with van der Waals surface area (Å²) in [6.45, 7) is 5.85. The van der Waals surface area contributed by atoms with Gasteiger partial charge in [0.05, 0.1) is 0 Å². The molecule has 1 unspecified atom stereocenters. The molecular weight excluding hydrogens is 419 g/mol. The van der Waals surface area contributed by atoms with E-state index in [1.54, 1.807) is 17.0 Å². The number of rotatable bonds is 9. The maximum Gasteiger partial charge on any atom is 0.261 e. The van der Waals surface area contributed by atoms with Crippen molar-refractivity contribution in [1.29, 1.82) is 0 Å². The van der Waals surface area contributed by atoms with E-state index in [2.05, 4.69) is 5.32 Å². The van der Waals surface area contributed by atoms with Gasteiger partial charge in [0.15, 0.2) is 6.61 Å². The first-order valence-electron chi connectivity index (χ1n) is 11.9. The molecule has 0 aliphatic heterocycles. The van der Waals surface area contributed by atoms with Gasteiger partial charge in [0.2, 0.25) is 5.91 Å². The number of hydrogen-bond donors (Lipinski definition) is 1. The third-order valence-corrected chi connectivity index (χ3v) is 6.30. The molecule has 6 heteroatoms. The Morgan fingerprint density at radius 1 is 1.09 bits per heavy atom. The minimum Gasteiger partial charge on any atom is -0.483 e. The molecule has 1 aliphatic carbocycles. The van der Waals surface area contributed by atoms with Crippen LogP contribution in [0.4, 0.5) is 4.39 Å². The molecule has 2 aromatic rings. The van der Waals surface area contributed by atoms with Crippen LogP contribution in [0.3, 0.4) is 0 Å². The molecule has 1 fully saturated rings. The first-order valence-corrected chi connectivity index (χ1v) is 11.9. The summed E-state index contributed by atoms with van der Waals surface area (Å²) < 4.78 is 19.3. The Balaban J connectivity index is 1.77. The Labute approximate surface area is 196 Å². The van der Waals surface area contributed by atoms with Gasteiger partial charge in [-0.2, -0.15) is 0 Å². The van der Waals surface area contributed by atoms with Gasteiger partial charge >= 0.3 is 0 Å². The third kappa shape index (κ3) is 7.04. The molecule has 33 heavy (non-hydrogen) atoms. The fraction of sp³-hybridized carbons (Fsp3) is 0.481. The number of carbonyl (C=O) groups is 2. The minimum atomic E-state index is -0.619. The summed E-state index contributed by atoms with van der Waals surface area (Å²) >= 11 is 0. The van der Waals surface area contributed by atoms with Gasteiger partial charge in [0.1, 0.15) is 17.6 Å². The molecule has 1 aliphatic rings. The van der Waals surface area contributed by atoms with Crippen LogP contribution in [0.5, 0.6) is 5.75 Å². The predicted molar refractivity (Wildman–Crippen MR) is 127 cm³/mol. The summed E-state index contributed by atoms with van der Waals surface area (Å²) in [4.78, 5) is 28.1. The molecule has 2 aromatic carbocycles. The number of benzene rings is 2. The van der Waals surface area contributed by atoms with E-state index in [-0.39, 0.29) is 36.8 Å². The van der Waals surface area contributed by atoms with Gasteiger partial charge < -0.3 is 15.0 Å². The van der Waals surface area contributed by atoms with Crippen LogP contribution in [0.2, 0.25) is 0 Å². The number of amides is 2. The Bertz CT molecular complexity index is 939. The lowest BCUT2D eigenvalue weighted by atomic mass is 9.95. The topological polar surface area (TPSA) is 58.6 Å². The van der Waals surface area contributed by atoms with E-state index >= 15 is 0 Å². The predicted octanol–water partition coefficient (Wildman–Crippen LogP) is 5.08. The summed E-state index contributed by atoms with van der Waals surface area (Å²) in [6.07, 6.45) is 5.87. The average Bonchev–Trinajstić information content (AvgIpc) is 2.81. The monoisotopic (exact) mass is 454 g/mol. The van der Waals surface area contributed by atoms with E-state index in [9.17, 15) is 14.0 Å². The van der Waals surface area contributed by atoms with Gasteiger partial charge in [-0.3, -0.25) is 9.59 Å². The molecule has 0 aromatic heterocycles. The standard InChI is InChI=1S/C27H35FN2O3/c1-4-24(27(32)29-23-8-6-5-7-9-23)30(17-21-12-14-22(28)15-13-21)26(31)18-33-25-16-19(2)10-11-20(25)3/h10-16,23-24H,4-9,17-18H2,1-3H3,(H,29,32). The highest BCUT2D eigenvalue weighted by Gasteiger charge is 2.30. The Morgan fingerprint density at radius 2 is 1.79 bits per heavy atom. The smallest absolute Gasteiger partial charge is 0.261 e. The maximum absolute atomic E-state index is 13.4. The normalized spacial score (nSPS) is 15.0. The molecule has 0 bridgehead atoms. The lowest BCUT2D eigenvalue weighted by Crippen LogP contribution is -2.52. The summed E-state index contributed by atoms with van der Waals surface area (Å²) in [5.41, 5.74) is 2.76. The molecule has 0 spiro atoms. The largest absolute Gasteiger partial charge is 0.483 e. The fourth-order valence-electron chi connectivity index (χ4n) is 4.34. The first kappa shape index (κ1) is 24.7. The van der Waals surface area contributed by atoms with Crippen molar-refractivity contribution < 1.29 is 18.7 Å². The van der Waals surface area contributed by atoms with Crippen LogP contribution in [0.1, 0.15) is 62.1 Å². The van der Waals surface area contributed by atoms with E-state index in [4.69, 9.17) is 4.74 Å². The van der Waals surface area contributed by atoms with Crippen molar-refractivity contribution in [3.63, 3.8) is 0 Å². The van der Waals surface area contributed by atoms with Gasteiger partial charge in [-0.1, -0.05) is 50.5 Å². The van der Waals surface area contributed by atoms with Crippen molar-refractivity contribution >= 4 is 11.8 Å². The zero-order valence-electron chi connectivity index (χ0n) is 19.9.